The quantitative estimate of drug-likeness (QED) is 0.692. The highest BCUT2D eigenvalue weighted by molar-refractivity contribution is 5.34. The number of anilines is 1. The van der Waals surface area contributed by atoms with Crippen molar-refractivity contribution in [1.82, 2.24) is 9.97 Å². The van der Waals surface area contributed by atoms with E-state index in [4.69, 9.17) is 19.3 Å². The van der Waals surface area contributed by atoms with Crippen molar-refractivity contribution in [1.29, 1.82) is 0 Å². The van der Waals surface area contributed by atoms with Gasteiger partial charge in [-0.1, -0.05) is 0 Å². The van der Waals surface area contributed by atoms with Gasteiger partial charge in [-0.3, -0.25) is 0 Å². The molecule has 0 aromatic carbocycles. The third kappa shape index (κ3) is 4.34. The maximum absolute atomic E-state index is 8.96. The summed E-state index contributed by atoms with van der Waals surface area (Å²) in [6.45, 7) is 0.506. The minimum Gasteiger partial charge on any atom is -0.481 e. The van der Waals surface area contributed by atoms with Crippen LogP contribution in [-0.2, 0) is 4.74 Å². The first-order valence-electron chi connectivity index (χ1n) is 5.56. The van der Waals surface area contributed by atoms with Crippen LogP contribution in [0.25, 0.3) is 0 Å². The molecule has 1 heterocycles. The second-order valence-electron chi connectivity index (χ2n) is 3.59. The summed E-state index contributed by atoms with van der Waals surface area (Å²) in [5.74, 6) is 1.19. The summed E-state index contributed by atoms with van der Waals surface area (Å²) in [5, 5.41) is 12.0. The topological polar surface area (TPSA) is 85.7 Å². The minimum absolute atomic E-state index is 0.0577. The molecule has 0 saturated carbocycles. The molecule has 7 heteroatoms. The number of nitrogens with zero attached hydrogens (tertiary/aromatic N) is 2. The lowest BCUT2D eigenvalue weighted by molar-refractivity contribution is 0.170. The smallest absolute Gasteiger partial charge is 0.229 e. The molecule has 0 radical (unpaired) electrons. The van der Waals surface area contributed by atoms with Gasteiger partial charge in [0.25, 0.3) is 0 Å². The van der Waals surface area contributed by atoms with Crippen molar-refractivity contribution < 1.29 is 19.3 Å². The maximum atomic E-state index is 8.96. The van der Waals surface area contributed by atoms with E-state index in [9.17, 15) is 0 Å². The van der Waals surface area contributed by atoms with Crippen molar-refractivity contribution in [2.75, 3.05) is 39.9 Å². The van der Waals surface area contributed by atoms with Gasteiger partial charge in [0.2, 0.25) is 17.7 Å². The summed E-state index contributed by atoms with van der Waals surface area (Å²) in [5.41, 5.74) is 0. The van der Waals surface area contributed by atoms with Crippen molar-refractivity contribution in [3.05, 3.63) is 6.07 Å². The number of rotatable bonds is 8. The molecule has 0 aliphatic rings. The van der Waals surface area contributed by atoms with E-state index in [0.717, 1.165) is 0 Å². The highest BCUT2D eigenvalue weighted by atomic mass is 16.5. The Labute approximate surface area is 106 Å². The van der Waals surface area contributed by atoms with Crippen molar-refractivity contribution in [3.63, 3.8) is 0 Å². The Balaban J connectivity index is 2.80. The molecule has 2 N–H and O–H groups in total. The molecule has 1 aromatic rings. The van der Waals surface area contributed by atoms with E-state index in [1.54, 1.807) is 13.2 Å². The summed E-state index contributed by atoms with van der Waals surface area (Å²) in [6, 6.07) is 1.51. The first-order valence-corrected chi connectivity index (χ1v) is 5.56. The van der Waals surface area contributed by atoms with Crippen molar-refractivity contribution in [2.45, 2.75) is 12.5 Å². The Morgan fingerprint density at radius 2 is 1.83 bits per heavy atom. The SMILES string of the molecule is COCC(CCO)Nc1nc(OC)cc(OC)n1. The Morgan fingerprint density at radius 3 is 2.28 bits per heavy atom. The van der Waals surface area contributed by atoms with Crippen molar-refractivity contribution in [2.24, 2.45) is 0 Å². The van der Waals surface area contributed by atoms with Crippen LogP contribution in [0.5, 0.6) is 11.8 Å². The van der Waals surface area contributed by atoms with Gasteiger partial charge in [0, 0.05) is 13.7 Å². The second kappa shape index (κ2) is 7.67. The van der Waals surface area contributed by atoms with Crippen LogP contribution in [0.2, 0.25) is 0 Å². The average Bonchev–Trinajstić information content (AvgIpc) is 2.38. The van der Waals surface area contributed by atoms with E-state index >= 15 is 0 Å². The lowest BCUT2D eigenvalue weighted by Crippen LogP contribution is -2.27. The summed E-state index contributed by atoms with van der Waals surface area (Å²) in [4.78, 5) is 8.29. The van der Waals surface area contributed by atoms with Crippen LogP contribution in [0, 0.1) is 0 Å². The molecular formula is C11H19N3O4. The Kier molecular flexibility index (Phi) is 6.16. The number of aromatic nitrogens is 2. The molecule has 0 saturated heterocycles. The van der Waals surface area contributed by atoms with E-state index < -0.39 is 0 Å². The molecule has 1 aromatic heterocycles. The van der Waals surface area contributed by atoms with Crippen LogP contribution >= 0.6 is 0 Å². The van der Waals surface area contributed by atoms with Crippen LogP contribution in [0.3, 0.4) is 0 Å². The number of aliphatic hydroxyl groups excluding tert-OH is 1. The van der Waals surface area contributed by atoms with Gasteiger partial charge in [-0.05, 0) is 6.42 Å². The monoisotopic (exact) mass is 257 g/mol. The third-order valence-corrected chi connectivity index (χ3v) is 2.28. The molecule has 0 aliphatic carbocycles. The summed E-state index contributed by atoms with van der Waals surface area (Å²) in [7, 11) is 4.64. The summed E-state index contributed by atoms with van der Waals surface area (Å²) >= 11 is 0. The predicted octanol–water partition coefficient (Wildman–Crippen LogP) is 0.303. The average molecular weight is 257 g/mol. The van der Waals surface area contributed by atoms with Crippen molar-refractivity contribution in [3.8, 4) is 11.8 Å². The zero-order valence-corrected chi connectivity index (χ0v) is 10.8. The van der Waals surface area contributed by atoms with Gasteiger partial charge in [0.05, 0.1) is 32.9 Å². The van der Waals surface area contributed by atoms with Gasteiger partial charge < -0.3 is 24.6 Å². The van der Waals surface area contributed by atoms with E-state index in [-0.39, 0.29) is 12.6 Å². The molecule has 1 unspecified atom stereocenters. The molecule has 0 bridgehead atoms. The fourth-order valence-electron chi connectivity index (χ4n) is 1.41. The Bertz CT molecular complexity index is 334. The van der Waals surface area contributed by atoms with Gasteiger partial charge in [0.1, 0.15) is 0 Å². The Hall–Kier alpha value is -1.60. The molecule has 0 fully saturated rings. The molecule has 1 atom stereocenters. The molecule has 18 heavy (non-hydrogen) atoms. The van der Waals surface area contributed by atoms with Crippen LogP contribution in [0.4, 0.5) is 5.95 Å². The molecule has 0 aliphatic heterocycles. The predicted molar refractivity (Wildman–Crippen MR) is 66.1 cm³/mol. The number of hydrogen-bond acceptors (Lipinski definition) is 7. The lowest BCUT2D eigenvalue weighted by Gasteiger charge is -2.17. The molecule has 7 nitrogen and oxygen atoms in total. The minimum atomic E-state index is -0.0724. The van der Waals surface area contributed by atoms with E-state index in [0.29, 0.717) is 30.7 Å². The summed E-state index contributed by atoms with van der Waals surface area (Å²) < 4.78 is 15.1. The molecule has 0 spiro atoms. The third-order valence-electron chi connectivity index (χ3n) is 2.28. The highest BCUT2D eigenvalue weighted by Gasteiger charge is 2.11. The fourth-order valence-corrected chi connectivity index (χ4v) is 1.41. The fraction of sp³-hybridized carbons (Fsp3) is 0.636. The van der Waals surface area contributed by atoms with Gasteiger partial charge in [-0.15, -0.1) is 0 Å². The zero-order chi connectivity index (χ0) is 13.4. The van der Waals surface area contributed by atoms with Crippen molar-refractivity contribution >= 4 is 5.95 Å². The molecule has 0 amide bonds. The first-order chi connectivity index (χ1) is 8.73. The lowest BCUT2D eigenvalue weighted by atomic mass is 10.2. The Morgan fingerprint density at radius 1 is 1.22 bits per heavy atom. The molecule has 1 rings (SSSR count). The van der Waals surface area contributed by atoms with Crippen LogP contribution in [0.1, 0.15) is 6.42 Å². The number of methoxy groups -OCH3 is 3. The van der Waals surface area contributed by atoms with Gasteiger partial charge in [0.15, 0.2) is 0 Å². The number of aliphatic hydroxyl groups is 1. The van der Waals surface area contributed by atoms with Crippen LogP contribution in [-0.4, -0.2) is 55.7 Å². The van der Waals surface area contributed by atoms with Crippen LogP contribution in [0.15, 0.2) is 6.07 Å². The normalized spacial score (nSPS) is 12.0. The largest absolute Gasteiger partial charge is 0.481 e. The molecule has 102 valence electrons. The highest BCUT2D eigenvalue weighted by Crippen LogP contribution is 2.18. The van der Waals surface area contributed by atoms with E-state index in [2.05, 4.69) is 15.3 Å². The van der Waals surface area contributed by atoms with E-state index in [1.165, 1.54) is 14.2 Å². The van der Waals surface area contributed by atoms with Gasteiger partial charge in [-0.2, -0.15) is 9.97 Å². The maximum Gasteiger partial charge on any atom is 0.229 e. The zero-order valence-electron chi connectivity index (χ0n) is 10.8. The number of hydrogen-bond donors (Lipinski definition) is 2. The van der Waals surface area contributed by atoms with E-state index in [1.807, 2.05) is 0 Å². The summed E-state index contributed by atoms with van der Waals surface area (Å²) in [6.07, 6.45) is 0.538. The molecular weight excluding hydrogens is 238 g/mol. The second-order valence-corrected chi connectivity index (χ2v) is 3.59. The first kappa shape index (κ1) is 14.5. The van der Waals surface area contributed by atoms with Gasteiger partial charge in [-0.25, -0.2) is 0 Å². The van der Waals surface area contributed by atoms with Gasteiger partial charge >= 0.3 is 0 Å². The number of nitrogens with one attached hydrogen (secondary N) is 1. The number of ether oxygens (including phenoxy) is 3. The standard InChI is InChI=1S/C11H19N3O4/c1-16-7-8(4-5-15)12-11-13-9(17-2)6-10(14-11)18-3/h6,8,15H,4-5,7H2,1-3H3,(H,12,13,14). The van der Waals surface area contributed by atoms with Crippen LogP contribution < -0.4 is 14.8 Å².